The third-order valence-corrected chi connectivity index (χ3v) is 22.6. The molecule has 10 aromatic carbocycles. The van der Waals surface area contributed by atoms with Crippen LogP contribution in [0.1, 0.15) is 0 Å². The van der Waals surface area contributed by atoms with Gasteiger partial charge < -0.3 is 25.8 Å². The highest BCUT2D eigenvalue weighted by molar-refractivity contribution is 7.88. The Morgan fingerprint density at radius 3 is 1.26 bits per heavy atom. The maximum absolute atomic E-state index is 13.3. The van der Waals surface area contributed by atoms with Crippen LogP contribution >= 0.6 is 0 Å². The van der Waals surface area contributed by atoms with Gasteiger partial charge in [-0.2, -0.15) is 75.8 Å². The number of nitrogens with two attached hydrogens (primary N) is 1. The molecule has 0 heterocycles. The number of nitrogen functional groups attached to an aromatic ring is 1. The molecular weight excluding hydrogens is 1620 g/mol. The lowest BCUT2D eigenvalue weighted by molar-refractivity contribution is -0.385. The topological polar surface area (TPSA) is 752 Å². The zero-order valence-corrected chi connectivity index (χ0v) is 58.9. The van der Waals surface area contributed by atoms with Gasteiger partial charge in [-0.1, -0.05) is 6.07 Å². The quantitative estimate of drug-likeness (QED) is 0.0104. The minimum Gasteiger partial charge on any atom is -0.505 e. The van der Waals surface area contributed by atoms with Gasteiger partial charge in [0.2, 0.25) is 0 Å². The first-order chi connectivity index (χ1) is 49.2. The number of methoxy groups -OCH3 is 1. The number of rotatable bonds is 21. The number of nitro benzene ring substituents is 1. The van der Waals surface area contributed by atoms with Crippen LogP contribution in [0.3, 0.4) is 0 Å². The molecule has 107 heavy (non-hydrogen) atoms. The van der Waals surface area contributed by atoms with Crippen LogP contribution in [0.2, 0.25) is 0 Å². The summed E-state index contributed by atoms with van der Waals surface area (Å²) in [7, 11) is -49.0. The summed E-state index contributed by atoms with van der Waals surface area (Å²) in [6.45, 7) is 0. The minimum atomic E-state index is -5.95. The second-order valence-corrected chi connectivity index (χ2v) is 33.8. The Labute approximate surface area is 596 Å². The lowest BCUT2D eigenvalue weighted by Gasteiger charge is -2.15. The standard InChI is InChI=1S/C53H36N12O33S9/c1-98-23-3-8-34(41(15-23)103(83,84)85)57-55-32-11-10-31(25-5-4-24(16-28(25)32)99(71,72)73)56-62-47-42(104(86,87)88)13-21-12-39(101(77,78)79)36(17-27(21)51(47)67)60-63-48-43(105(89,90)91)18-29-26(50(48)66)6-9-35(53(29)107(95,96)97)59-61-37-20-38(100(74,75)76)30-19-44(106(92,93)94)49(52(68)45(30)46(37)54)64-58-33-7-2-22(65(69)70)14-40(33)102(80,81)82/h2-20,66-68H,54H2,1H3,(H,71,72,73)(H,74,75,76)(H,77,78,79)(H,80,81,82)(H,83,84,85)(H,86,87,88)(H,89,90,91)(H,92,93,94)(H,95,96,97). The number of nitrogens with zero attached hydrogens (tertiary/aromatic N) is 11. The van der Waals surface area contributed by atoms with Gasteiger partial charge in [-0.25, -0.2) is 0 Å². The van der Waals surface area contributed by atoms with Crippen molar-refractivity contribution in [2.24, 2.45) is 51.1 Å². The molecule has 0 aliphatic carbocycles. The molecule has 0 spiro atoms. The molecule has 10 aromatic rings. The largest absolute Gasteiger partial charge is 0.505 e. The molecule has 0 radical (unpaired) electrons. The Kier molecular flexibility index (Phi) is 20.0. The number of hydrogen-bond donors (Lipinski definition) is 13. The van der Waals surface area contributed by atoms with Crippen LogP contribution in [0.15, 0.2) is 210 Å². The summed E-state index contributed by atoms with van der Waals surface area (Å²) in [5, 5.41) is 76.7. The second kappa shape index (κ2) is 27.3. The smallest absolute Gasteiger partial charge is 0.297 e. The normalized spacial score (nSPS) is 13.5. The van der Waals surface area contributed by atoms with Crippen LogP contribution in [-0.2, 0) is 91.1 Å². The van der Waals surface area contributed by atoms with E-state index >= 15 is 0 Å². The Morgan fingerprint density at radius 1 is 0.336 bits per heavy atom. The second-order valence-electron chi connectivity index (χ2n) is 21.3. The summed E-state index contributed by atoms with van der Waals surface area (Å²) in [5.74, 6) is -4.60. The van der Waals surface area contributed by atoms with E-state index in [1.165, 1.54) is 13.2 Å². The predicted molar refractivity (Wildman–Crippen MR) is 361 cm³/mol. The van der Waals surface area contributed by atoms with Crippen molar-refractivity contribution in [1.82, 2.24) is 0 Å². The summed E-state index contributed by atoms with van der Waals surface area (Å²) in [6, 6.07) is 12.4. The zero-order chi connectivity index (χ0) is 79.3. The Morgan fingerprint density at radius 2 is 0.738 bits per heavy atom. The van der Waals surface area contributed by atoms with Gasteiger partial charge in [0, 0.05) is 50.5 Å². The van der Waals surface area contributed by atoms with Gasteiger partial charge in [0.25, 0.3) is 96.8 Å². The average Bonchev–Trinajstić information content (AvgIpc) is 0.689. The van der Waals surface area contributed by atoms with Gasteiger partial charge in [0.15, 0.2) is 17.2 Å². The number of fused-ring (bicyclic) bond motifs is 4. The lowest BCUT2D eigenvalue weighted by atomic mass is 10.0. The molecule has 0 aliphatic heterocycles. The summed E-state index contributed by atoms with van der Waals surface area (Å²) < 4.78 is 327. The first-order valence-electron chi connectivity index (χ1n) is 27.4. The number of ether oxygens (including phenoxy) is 1. The summed E-state index contributed by atoms with van der Waals surface area (Å²) in [5.41, 5.74) is -5.58. The van der Waals surface area contributed by atoms with E-state index in [1.54, 1.807) is 0 Å². The van der Waals surface area contributed by atoms with Crippen molar-refractivity contribution >= 4 is 202 Å². The van der Waals surface area contributed by atoms with Crippen LogP contribution in [0, 0.1) is 10.1 Å². The lowest BCUT2D eigenvalue weighted by Crippen LogP contribution is -2.04. The Bertz CT molecular complexity index is 6970. The number of benzene rings is 10. The minimum absolute atomic E-state index is 0.0507. The third kappa shape index (κ3) is 15.9. The molecule has 0 amide bonds. The molecule has 0 aromatic heterocycles. The van der Waals surface area contributed by atoms with E-state index in [4.69, 9.17) is 10.5 Å². The Hall–Kier alpha value is -11.2. The van der Waals surface area contributed by atoms with Crippen molar-refractivity contribution in [2.45, 2.75) is 44.1 Å². The van der Waals surface area contributed by atoms with Crippen molar-refractivity contribution in [3.63, 3.8) is 0 Å². The Balaban J connectivity index is 1.10. The van der Waals surface area contributed by atoms with Crippen LogP contribution in [-0.4, -0.2) is 144 Å². The number of phenolic OH excluding ortho intramolecular Hbond substituents is 3. The molecule has 560 valence electrons. The fourth-order valence-corrected chi connectivity index (χ4v) is 15.9. The van der Waals surface area contributed by atoms with Gasteiger partial charge >= 0.3 is 0 Å². The monoisotopic (exact) mass is 1660 g/mol. The average molecular weight is 1660 g/mol. The third-order valence-electron chi connectivity index (χ3n) is 14.7. The summed E-state index contributed by atoms with van der Waals surface area (Å²) in [6.07, 6.45) is 0. The highest BCUT2D eigenvalue weighted by Crippen LogP contribution is 2.52. The molecule has 0 unspecified atom stereocenters. The van der Waals surface area contributed by atoms with E-state index in [0.717, 1.165) is 42.5 Å². The summed E-state index contributed by atoms with van der Waals surface area (Å²) >= 11 is 0. The molecule has 14 N–H and O–H groups in total. The maximum Gasteiger partial charge on any atom is 0.297 e. The highest BCUT2D eigenvalue weighted by atomic mass is 32.3. The predicted octanol–water partition coefficient (Wildman–Crippen LogP) is 10.2. The molecule has 0 bridgehead atoms. The van der Waals surface area contributed by atoms with E-state index in [0.29, 0.717) is 42.5 Å². The van der Waals surface area contributed by atoms with E-state index < -0.39 is 252 Å². The highest BCUT2D eigenvalue weighted by Gasteiger charge is 2.33. The molecule has 10 rings (SSSR count). The van der Waals surface area contributed by atoms with Crippen molar-refractivity contribution in [3.8, 4) is 23.0 Å². The van der Waals surface area contributed by atoms with Gasteiger partial charge in [-0.3, -0.25) is 51.1 Å². The van der Waals surface area contributed by atoms with Crippen molar-refractivity contribution in [3.05, 3.63) is 125 Å². The first-order valence-corrected chi connectivity index (χ1v) is 40.3. The number of azo groups is 5. The molecule has 0 aliphatic rings. The van der Waals surface area contributed by atoms with E-state index in [2.05, 4.69) is 51.1 Å². The van der Waals surface area contributed by atoms with Crippen molar-refractivity contribution < 1.29 is 142 Å². The number of nitro groups is 1. The van der Waals surface area contributed by atoms with Crippen LogP contribution in [0.25, 0.3) is 43.1 Å². The molecule has 54 heteroatoms. The van der Waals surface area contributed by atoms with Crippen molar-refractivity contribution in [2.75, 3.05) is 12.8 Å². The number of anilines is 1. The molecule has 0 fully saturated rings. The van der Waals surface area contributed by atoms with E-state index in [9.17, 15) is 142 Å². The molecule has 45 nitrogen and oxygen atoms in total. The maximum atomic E-state index is 13.3. The number of hydrogen-bond acceptors (Lipinski definition) is 35. The van der Waals surface area contributed by atoms with E-state index in [1.807, 2.05) is 0 Å². The molecule has 0 saturated carbocycles. The zero-order valence-electron chi connectivity index (χ0n) is 51.6. The van der Waals surface area contributed by atoms with E-state index in [-0.39, 0.29) is 46.5 Å². The van der Waals surface area contributed by atoms with Gasteiger partial charge in [-0.05, 0) is 96.4 Å². The fraction of sp³-hybridized carbons (Fsp3) is 0.0189. The fourth-order valence-electron chi connectivity index (χ4n) is 10.0. The SMILES string of the molecule is COc1ccc(N=Nc2ccc(N=Nc3c(S(=O)(=O)O)cc4cc(S(=O)(=O)O)c(N=Nc5c(S(=O)(=O)O)cc6c(S(=O)(=O)O)c(N=Nc7cc(S(=O)(=O)O)c8cc(S(=O)(=O)O)c(N=Nc9ccc([N+](=O)[O-])cc9S(=O)(=O)O)c(O)c8c7N)ccc6c5O)cc4c3O)c3ccc(S(=O)(=O)O)cc23)c(S(=O)(=O)O)c1. The van der Waals surface area contributed by atoms with Gasteiger partial charge in [0.1, 0.15) is 90.4 Å². The molecular formula is C53H36N12O33S9. The van der Waals surface area contributed by atoms with Crippen LogP contribution in [0.4, 0.5) is 68.2 Å². The van der Waals surface area contributed by atoms with Crippen LogP contribution < -0.4 is 10.5 Å². The number of non-ortho nitro benzene ring substituents is 1. The summed E-state index contributed by atoms with van der Waals surface area (Å²) in [4.78, 5) is -1.82. The van der Waals surface area contributed by atoms with Crippen LogP contribution in [0.5, 0.6) is 23.0 Å². The number of phenols is 3. The van der Waals surface area contributed by atoms with Gasteiger partial charge in [0.05, 0.1) is 39.4 Å². The first kappa shape index (κ1) is 78.4. The van der Waals surface area contributed by atoms with Gasteiger partial charge in [-0.15, -0.1) is 51.1 Å². The molecule has 0 atom stereocenters. The van der Waals surface area contributed by atoms with Crippen molar-refractivity contribution in [1.29, 1.82) is 0 Å². The molecule has 0 saturated heterocycles. The number of aromatic hydroxyl groups is 3.